The highest BCUT2D eigenvalue weighted by Crippen LogP contribution is 2.21. The number of nitrogens with one attached hydrogen (secondary N) is 1. The van der Waals surface area contributed by atoms with Gasteiger partial charge in [0.05, 0.1) is 6.61 Å². The Morgan fingerprint density at radius 2 is 2.17 bits per heavy atom. The summed E-state index contributed by atoms with van der Waals surface area (Å²) in [7, 11) is 0. The summed E-state index contributed by atoms with van der Waals surface area (Å²) < 4.78 is 5.55. The number of thioether (sulfide) groups is 1. The van der Waals surface area contributed by atoms with Crippen LogP contribution in [0.1, 0.15) is 20.3 Å². The second-order valence-electron chi connectivity index (χ2n) is 4.56. The zero-order valence-electron chi connectivity index (χ0n) is 11.0. The van der Waals surface area contributed by atoms with E-state index >= 15 is 0 Å². The molecule has 3 nitrogen and oxygen atoms in total. The minimum absolute atomic E-state index is 0.686. The lowest BCUT2D eigenvalue weighted by Crippen LogP contribution is -2.18. The molecule has 1 heterocycles. The van der Waals surface area contributed by atoms with Crippen LogP contribution in [0.15, 0.2) is 29.3 Å². The summed E-state index contributed by atoms with van der Waals surface area (Å²) in [6, 6.07) is 8.06. The van der Waals surface area contributed by atoms with E-state index in [2.05, 4.69) is 24.2 Å². The van der Waals surface area contributed by atoms with Crippen LogP contribution in [-0.4, -0.2) is 24.1 Å². The molecule has 1 aromatic rings. The molecule has 1 N–H and O–H groups in total. The maximum absolute atomic E-state index is 5.55. The molecule has 0 bridgehead atoms. The van der Waals surface area contributed by atoms with Gasteiger partial charge in [-0.2, -0.15) is 0 Å². The van der Waals surface area contributed by atoms with Crippen molar-refractivity contribution in [2.24, 2.45) is 10.9 Å². The Balaban J connectivity index is 1.90. The number of benzene rings is 1. The molecule has 0 spiro atoms. The lowest BCUT2D eigenvalue weighted by molar-refractivity contribution is 0.317. The number of hydrogen-bond acceptors (Lipinski definition) is 4. The molecule has 1 unspecified atom stereocenters. The molecular formula is C14H20N2OS. The zero-order valence-corrected chi connectivity index (χ0v) is 11.8. The average Bonchev–Trinajstić information content (AvgIpc) is 2.41. The molecule has 0 aliphatic carbocycles. The summed E-state index contributed by atoms with van der Waals surface area (Å²) in [6.07, 6.45) is 1.03. The lowest BCUT2D eigenvalue weighted by Gasteiger charge is -2.18. The second-order valence-corrected chi connectivity index (χ2v) is 5.57. The van der Waals surface area contributed by atoms with Crippen molar-refractivity contribution in [1.29, 1.82) is 0 Å². The van der Waals surface area contributed by atoms with Gasteiger partial charge in [0.1, 0.15) is 5.75 Å². The average molecular weight is 264 g/mol. The minimum atomic E-state index is 0.686. The van der Waals surface area contributed by atoms with Gasteiger partial charge in [0.15, 0.2) is 5.17 Å². The first kappa shape index (κ1) is 13.3. The van der Waals surface area contributed by atoms with Gasteiger partial charge in [0.2, 0.25) is 0 Å². The number of hydrogen-bond donors (Lipinski definition) is 1. The van der Waals surface area contributed by atoms with E-state index in [9.17, 15) is 0 Å². The summed E-state index contributed by atoms with van der Waals surface area (Å²) in [5, 5.41) is 4.37. The SMILES string of the molecule is CCCOc1ccc(NC2=NCC(C)CS2)cc1. The van der Waals surface area contributed by atoms with Crippen molar-refractivity contribution >= 4 is 22.6 Å². The van der Waals surface area contributed by atoms with Gasteiger partial charge < -0.3 is 10.1 Å². The van der Waals surface area contributed by atoms with Crippen molar-refractivity contribution in [2.75, 3.05) is 24.2 Å². The first-order valence-electron chi connectivity index (χ1n) is 6.45. The van der Waals surface area contributed by atoms with Crippen LogP contribution in [0.4, 0.5) is 5.69 Å². The Morgan fingerprint density at radius 1 is 1.39 bits per heavy atom. The maximum atomic E-state index is 5.55. The smallest absolute Gasteiger partial charge is 0.161 e. The van der Waals surface area contributed by atoms with Crippen molar-refractivity contribution in [3.05, 3.63) is 24.3 Å². The standard InChI is InChI=1S/C14H20N2OS/c1-3-8-17-13-6-4-12(5-7-13)16-14-15-9-11(2)10-18-14/h4-7,11H,3,8-10H2,1-2H3,(H,15,16). The molecule has 0 amide bonds. The molecule has 4 heteroatoms. The van der Waals surface area contributed by atoms with Gasteiger partial charge in [0, 0.05) is 18.0 Å². The summed E-state index contributed by atoms with van der Waals surface area (Å²) in [6.45, 7) is 6.03. The Morgan fingerprint density at radius 3 is 2.78 bits per heavy atom. The van der Waals surface area contributed by atoms with Crippen LogP contribution < -0.4 is 10.1 Å². The molecule has 0 radical (unpaired) electrons. The molecule has 0 fully saturated rings. The van der Waals surface area contributed by atoms with Crippen molar-refractivity contribution in [3.8, 4) is 5.75 Å². The molecule has 18 heavy (non-hydrogen) atoms. The number of nitrogens with zero attached hydrogens (tertiary/aromatic N) is 1. The van der Waals surface area contributed by atoms with E-state index in [1.54, 1.807) is 11.8 Å². The lowest BCUT2D eigenvalue weighted by atomic mass is 10.2. The monoisotopic (exact) mass is 264 g/mol. The van der Waals surface area contributed by atoms with E-state index < -0.39 is 0 Å². The Bertz CT molecular complexity index is 403. The third-order valence-corrected chi connectivity index (χ3v) is 3.87. The van der Waals surface area contributed by atoms with E-state index in [-0.39, 0.29) is 0 Å². The molecule has 2 rings (SSSR count). The number of anilines is 1. The van der Waals surface area contributed by atoms with Crippen LogP contribution in [0.25, 0.3) is 0 Å². The first-order chi connectivity index (χ1) is 8.78. The van der Waals surface area contributed by atoms with Gasteiger partial charge in [-0.3, -0.25) is 4.99 Å². The highest BCUT2D eigenvalue weighted by molar-refractivity contribution is 8.14. The van der Waals surface area contributed by atoms with Crippen molar-refractivity contribution in [2.45, 2.75) is 20.3 Å². The van der Waals surface area contributed by atoms with Crippen LogP contribution in [0.5, 0.6) is 5.75 Å². The zero-order chi connectivity index (χ0) is 12.8. The molecule has 0 saturated heterocycles. The van der Waals surface area contributed by atoms with Crippen molar-refractivity contribution in [3.63, 3.8) is 0 Å². The fraction of sp³-hybridized carbons (Fsp3) is 0.500. The summed E-state index contributed by atoms with van der Waals surface area (Å²) >= 11 is 1.79. The van der Waals surface area contributed by atoms with Gasteiger partial charge >= 0.3 is 0 Å². The molecule has 1 aromatic carbocycles. The van der Waals surface area contributed by atoms with Crippen LogP contribution in [0.3, 0.4) is 0 Å². The predicted molar refractivity (Wildman–Crippen MR) is 79.8 cm³/mol. The highest BCUT2D eigenvalue weighted by Gasteiger charge is 2.11. The fourth-order valence-electron chi connectivity index (χ4n) is 1.61. The van der Waals surface area contributed by atoms with Gasteiger partial charge in [-0.05, 0) is 36.6 Å². The largest absolute Gasteiger partial charge is 0.494 e. The van der Waals surface area contributed by atoms with Crippen LogP contribution >= 0.6 is 11.8 Å². The van der Waals surface area contributed by atoms with E-state index in [0.29, 0.717) is 5.92 Å². The summed E-state index contributed by atoms with van der Waals surface area (Å²) in [5.74, 6) is 2.75. The van der Waals surface area contributed by atoms with Crippen LogP contribution in [0, 0.1) is 5.92 Å². The van der Waals surface area contributed by atoms with Crippen molar-refractivity contribution in [1.82, 2.24) is 0 Å². The minimum Gasteiger partial charge on any atom is -0.494 e. The molecule has 0 aromatic heterocycles. The molecule has 1 atom stereocenters. The van der Waals surface area contributed by atoms with E-state index in [1.807, 2.05) is 24.3 Å². The van der Waals surface area contributed by atoms with E-state index in [0.717, 1.165) is 41.9 Å². The topological polar surface area (TPSA) is 33.6 Å². The maximum Gasteiger partial charge on any atom is 0.161 e. The molecule has 98 valence electrons. The number of ether oxygens (including phenoxy) is 1. The third kappa shape index (κ3) is 3.95. The molecule has 1 aliphatic rings. The molecule has 1 aliphatic heterocycles. The second kappa shape index (κ2) is 6.69. The van der Waals surface area contributed by atoms with Gasteiger partial charge in [-0.15, -0.1) is 0 Å². The highest BCUT2D eigenvalue weighted by atomic mass is 32.2. The Hall–Kier alpha value is -1.16. The van der Waals surface area contributed by atoms with Gasteiger partial charge in [-0.25, -0.2) is 0 Å². The van der Waals surface area contributed by atoms with Crippen LogP contribution in [-0.2, 0) is 0 Å². The van der Waals surface area contributed by atoms with Crippen molar-refractivity contribution < 1.29 is 4.74 Å². The summed E-state index contributed by atoms with van der Waals surface area (Å²) in [4.78, 5) is 4.52. The third-order valence-electron chi connectivity index (χ3n) is 2.63. The van der Waals surface area contributed by atoms with Gasteiger partial charge in [-0.1, -0.05) is 25.6 Å². The van der Waals surface area contributed by atoms with E-state index in [4.69, 9.17) is 4.74 Å². The predicted octanol–water partition coefficient (Wildman–Crippen LogP) is 3.63. The van der Waals surface area contributed by atoms with Gasteiger partial charge in [0.25, 0.3) is 0 Å². The fourth-order valence-corrected chi connectivity index (χ4v) is 2.52. The molecule has 0 saturated carbocycles. The van der Waals surface area contributed by atoms with E-state index in [1.165, 1.54) is 0 Å². The quantitative estimate of drug-likeness (QED) is 0.901. The summed E-state index contributed by atoms with van der Waals surface area (Å²) in [5.41, 5.74) is 1.07. The number of amidine groups is 1. The number of aliphatic imine (C=N–C) groups is 1. The normalized spacial score (nSPS) is 19.2. The number of rotatable bonds is 4. The first-order valence-corrected chi connectivity index (χ1v) is 7.43. The van der Waals surface area contributed by atoms with Crippen LogP contribution in [0.2, 0.25) is 0 Å². The Labute approximate surface area is 113 Å². The Kier molecular flexibility index (Phi) is 4.93. The molecular weight excluding hydrogens is 244 g/mol.